The number of hydrogen-bond acceptors (Lipinski definition) is 4. The van der Waals surface area contributed by atoms with Gasteiger partial charge in [-0.3, -0.25) is 0 Å². The molecule has 0 radical (unpaired) electrons. The van der Waals surface area contributed by atoms with Gasteiger partial charge in [0, 0.05) is 31.9 Å². The second-order valence-corrected chi connectivity index (χ2v) is 6.30. The van der Waals surface area contributed by atoms with E-state index in [4.69, 9.17) is 4.74 Å². The maximum absolute atomic E-state index is 12.1. The first kappa shape index (κ1) is 14.8. The molecule has 0 saturated carbocycles. The van der Waals surface area contributed by atoms with Crippen LogP contribution in [0.25, 0.3) is 0 Å². The molecule has 0 spiro atoms. The number of piperidine rings is 1. The Morgan fingerprint density at radius 1 is 1.40 bits per heavy atom. The van der Waals surface area contributed by atoms with Crippen molar-refractivity contribution in [2.75, 3.05) is 13.1 Å². The van der Waals surface area contributed by atoms with Crippen molar-refractivity contribution in [1.29, 1.82) is 0 Å². The Kier molecular flexibility index (Phi) is 4.57. The topological polar surface area (TPSA) is 55.3 Å². The zero-order valence-electron chi connectivity index (χ0n) is 12.5. The molecule has 0 aliphatic carbocycles. The smallest absolute Gasteiger partial charge is 0.410 e. The number of ether oxygens (including phenoxy) is 1. The van der Waals surface area contributed by atoms with Crippen LogP contribution in [0.4, 0.5) is 4.79 Å². The number of likely N-dealkylation sites (tertiary alicyclic amines) is 1. The van der Waals surface area contributed by atoms with E-state index in [1.807, 2.05) is 31.7 Å². The molecule has 1 aliphatic rings. The molecule has 5 heteroatoms. The van der Waals surface area contributed by atoms with Crippen LogP contribution in [-0.4, -0.2) is 39.7 Å². The molecule has 1 atom stereocenters. The Bertz CT molecular complexity index is 442. The van der Waals surface area contributed by atoms with Crippen molar-refractivity contribution < 1.29 is 9.53 Å². The van der Waals surface area contributed by atoms with Crippen LogP contribution in [0.2, 0.25) is 0 Å². The molecular weight excluding hydrogens is 254 g/mol. The Hall–Kier alpha value is -1.65. The van der Waals surface area contributed by atoms with Gasteiger partial charge < -0.3 is 9.64 Å². The van der Waals surface area contributed by atoms with Crippen LogP contribution >= 0.6 is 0 Å². The van der Waals surface area contributed by atoms with Crippen molar-refractivity contribution in [2.24, 2.45) is 5.92 Å². The number of nitrogens with zero attached hydrogens (tertiary/aromatic N) is 3. The molecule has 0 unspecified atom stereocenters. The molecule has 0 bridgehead atoms. The van der Waals surface area contributed by atoms with Crippen LogP contribution in [0.5, 0.6) is 0 Å². The summed E-state index contributed by atoms with van der Waals surface area (Å²) in [5, 5.41) is 0. The Morgan fingerprint density at radius 2 is 2.10 bits per heavy atom. The summed E-state index contributed by atoms with van der Waals surface area (Å²) in [7, 11) is 0. The Morgan fingerprint density at radius 3 is 2.75 bits per heavy atom. The van der Waals surface area contributed by atoms with E-state index in [1.54, 1.807) is 12.4 Å². The third kappa shape index (κ3) is 4.47. The fourth-order valence-electron chi connectivity index (χ4n) is 2.42. The lowest BCUT2D eigenvalue weighted by Crippen LogP contribution is -2.43. The van der Waals surface area contributed by atoms with Gasteiger partial charge in [-0.1, -0.05) is 0 Å². The van der Waals surface area contributed by atoms with E-state index in [0.29, 0.717) is 5.92 Å². The molecule has 20 heavy (non-hydrogen) atoms. The molecule has 1 amide bonds. The van der Waals surface area contributed by atoms with Gasteiger partial charge in [0.15, 0.2) is 0 Å². The lowest BCUT2D eigenvalue weighted by Gasteiger charge is -2.33. The van der Waals surface area contributed by atoms with E-state index in [9.17, 15) is 4.79 Å². The lowest BCUT2D eigenvalue weighted by molar-refractivity contribution is 0.0165. The average Bonchev–Trinajstić information content (AvgIpc) is 2.38. The number of rotatable bonds is 2. The fourth-order valence-corrected chi connectivity index (χ4v) is 2.42. The van der Waals surface area contributed by atoms with Gasteiger partial charge >= 0.3 is 6.09 Å². The molecule has 1 saturated heterocycles. The summed E-state index contributed by atoms with van der Waals surface area (Å²) in [6.45, 7) is 7.19. The van der Waals surface area contributed by atoms with Crippen molar-refractivity contribution in [3.8, 4) is 0 Å². The second kappa shape index (κ2) is 6.20. The molecule has 0 N–H and O–H groups in total. The quantitative estimate of drug-likeness (QED) is 0.834. The average molecular weight is 277 g/mol. The van der Waals surface area contributed by atoms with E-state index < -0.39 is 5.60 Å². The van der Waals surface area contributed by atoms with Gasteiger partial charge in [0.25, 0.3) is 0 Å². The van der Waals surface area contributed by atoms with Gasteiger partial charge in [-0.25, -0.2) is 14.8 Å². The maximum Gasteiger partial charge on any atom is 0.410 e. The molecule has 1 aromatic rings. The Labute approximate surface area is 120 Å². The molecule has 1 fully saturated rings. The van der Waals surface area contributed by atoms with Crippen molar-refractivity contribution >= 4 is 6.09 Å². The highest BCUT2D eigenvalue weighted by Gasteiger charge is 2.27. The Balaban J connectivity index is 1.90. The number of carbonyl (C=O) groups excluding carboxylic acids is 1. The summed E-state index contributed by atoms with van der Waals surface area (Å²) in [6.07, 6.45) is 6.25. The van der Waals surface area contributed by atoms with Crippen LogP contribution in [0.3, 0.4) is 0 Å². The van der Waals surface area contributed by atoms with Gasteiger partial charge in [0.2, 0.25) is 0 Å². The second-order valence-electron chi connectivity index (χ2n) is 6.30. The van der Waals surface area contributed by atoms with Crippen molar-refractivity contribution in [3.63, 3.8) is 0 Å². The highest BCUT2D eigenvalue weighted by molar-refractivity contribution is 5.68. The summed E-state index contributed by atoms with van der Waals surface area (Å²) in [5.41, 5.74) is -0.438. The first-order chi connectivity index (χ1) is 9.44. The number of carbonyl (C=O) groups is 1. The number of aromatic nitrogens is 2. The van der Waals surface area contributed by atoms with Gasteiger partial charge in [-0.05, 0) is 45.6 Å². The number of hydrogen-bond donors (Lipinski definition) is 0. The van der Waals surface area contributed by atoms with Crippen LogP contribution in [0.1, 0.15) is 39.4 Å². The summed E-state index contributed by atoms with van der Waals surface area (Å²) in [4.78, 5) is 22.4. The van der Waals surface area contributed by atoms with Crippen LogP contribution in [0, 0.1) is 5.92 Å². The van der Waals surface area contributed by atoms with Crippen LogP contribution in [0.15, 0.2) is 18.5 Å². The standard InChI is InChI=1S/C15H23N3O2/c1-15(2,3)20-14(19)18-9-4-6-12(11-18)10-13-16-7-5-8-17-13/h5,7-8,12H,4,6,9-11H2,1-3H3/t12-/m1/s1. The van der Waals surface area contributed by atoms with E-state index in [0.717, 1.165) is 38.2 Å². The molecule has 1 aromatic heterocycles. The van der Waals surface area contributed by atoms with E-state index in [2.05, 4.69) is 9.97 Å². The van der Waals surface area contributed by atoms with Gasteiger partial charge in [-0.15, -0.1) is 0 Å². The van der Waals surface area contributed by atoms with E-state index >= 15 is 0 Å². The van der Waals surface area contributed by atoms with Crippen molar-refractivity contribution in [3.05, 3.63) is 24.3 Å². The van der Waals surface area contributed by atoms with E-state index in [1.165, 1.54) is 0 Å². The lowest BCUT2D eigenvalue weighted by atomic mass is 9.95. The molecule has 2 rings (SSSR count). The van der Waals surface area contributed by atoms with Gasteiger partial charge in [-0.2, -0.15) is 0 Å². The zero-order valence-corrected chi connectivity index (χ0v) is 12.5. The van der Waals surface area contributed by atoms with Gasteiger partial charge in [0.1, 0.15) is 11.4 Å². The third-order valence-corrected chi connectivity index (χ3v) is 3.26. The summed E-state index contributed by atoms with van der Waals surface area (Å²) in [6, 6.07) is 1.82. The SMILES string of the molecule is CC(C)(C)OC(=O)N1CCC[C@H](Cc2ncccn2)C1. The molecule has 5 nitrogen and oxygen atoms in total. The summed E-state index contributed by atoms with van der Waals surface area (Å²) < 4.78 is 5.43. The molecular formula is C15H23N3O2. The normalized spacial score (nSPS) is 19.8. The van der Waals surface area contributed by atoms with E-state index in [-0.39, 0.29) is 6.09 Å². The summed E-state index contributed by atoms with van der Waals surface area (Å²) in [5.74, 6) is 1.27. The third-order valence-electron chi connectivity index (χ3n) is 3.26. The van der Waals surface area contributed by atoms with Gasteiger partial charge in [0.05, 0.1) is 0 Å². The molecule has 0 aromatic carbocycles. The largest absolute Gasteiger partial charge is 0.444 e. The number of amides is 1. The first-order valence-corrected chi connectivity index (χ1v) is 7.18. The minimum Gasteiger partial charge on any atom is -0.444 e. The highest BCUT2D eigenvalue weighted by Crippen LogP contribution is 2.21. The molecule has 1 aliphatic heterocycles. The summed E-state index contributed by atoms with van der Waals surface area (Å²) >= 11 is 0. The minimum absolute atomic E-state index is 0.212. The minimum atomic E-state index is -0.438. The fraction of sp³-hybridized carbons (Fsp3) is 0.667. The maximum atomic E-state index is 12.1. The van der Waals surface area contributed by atoms with Crippen LogP contribution < -0.4 is 0 Å². The first-order valence-electron chi connectivity index (χ1n) is 7.18. The molecule has 110 valence electrons. The molecule has 2 heterocycles. The van der Waals surface area contributed by atoms with Crippen molar-refractivity contribution in [2.45, 2.75) is 45.6 Å². The zero-order chi connectivity index (χ0) is 14.6. The highest BCUT2D eigenvalue weighted by atomic mass is 16.6. The predicted octanol–water partition coefficient (Wildman–Crippen LogP) is 2.67. The van der Waals surface area contributed by atoms with Crippen LogP contribution in [-0.2, 0) is 11.2 Å². The predicted molar refractivity (Wildman–Crippen MR) is 76.3 cm³/mol. The van der Waals surface area contributed by atoms with Crippen molar-refractivity contribution in [1.82, 2.24) is 14.9 Å². The monoisotopic (exact) mass is 277 g/mol.